The molecule has 0 aliphatic carbocycles. The fourth-order valence-corrected chi connectivity index (χ4v) is 3.02. The smallest absolute Gasteiger partial charge is 0.327 e. The lowest BCUT2D eigenvalue weighted by atomic mass is 10.00. The fraction of sp³-hybridized carbons (Fsp3) is 0.929. The van der Waals surface area contributed by atoms with Crippen molar-refractivity contribution >= 4 is 5.97 Å². The third kappa shape index (κ3) is 3.23. The van der Waals surface area contributed by atoms with Crippen LogP contribution in [0.25, 0.3) is 0 Å². The number of likely N-dealkylation sites (tertiary alicyclic amines) is 1. The summed E-state index contributed by atoms with van der Waals surface area (Å²) in [6.07, 6.45) is 3.61. The largest absolute Gasteiger partial charge is 0.468 e. The molecule has 1 saturated heterocycles. The number of likely N-dealkylation sites (N-methyl/N-ethyl adjacent to an activating group) is 1. The van der Waals surface area contributed by atoms with E-state index in [1.165, 1.54) is 20.0 Å². The molecule has 0 saturated carbocycles. The zero-order chi connectivity index (χ0) is 13.8. The van der Waals surface area contributed by atoms with Crippen molar-refractivity contribution in [2.24, 2.45) is 0 Å². The summed E-state index contributed by atoms with van der Waals surface area (Å²) in [6.45, 7) is 9.93. The lowest BCUT2D eigenvalue weighted by Crippen LogP contribution is -2.59. The highest BCUT2D eigenvalue weighted by Gasteiger charge is 2.40. The zero-order valence-electron chi connectivity index (χ0n) is 12.5. The van der Waals surface area contributed by atoms with Crippen molar-refractivity contribution in [3.8, 4) is 0 Å². The first-order valence-electron chi connectivity index (χ1n) is 7.07. The third-order valence-corrected chi connectivity index (χ3v) is 4.13. The summed E-state index contributed by atoms with van der Waals surface area (Å²) in [4.78, 5) is 14.5. The van der Waals surface area contributed by atoms with E-state index in [9.17, 15) is 4.79 Å². The predicted molar refractivity (Wildman–Crippen MR) is 73.6 cm³/mol. The fourth-order valence-electron chi connectivity index (χ4n) is 3.02. The molecule has 0 aromatic rings. The molecule has 1 N–H and O–H groups in total. The first-order valence-corrected chi connectivity index (χ1v) is 7.07. The first kappa shape index (κ1) is 15.4. The van der Waals surface area contributed by atoms with E-state index < -0.39 is 5.54 Å². The minimum Gasteiger partial charge on any atom is -0.468 e. The zero-order valence-corrected chi connectivity index (χ0v) is 12.5. The monoisotopic (exact) mass is 256 g/mol. The number of methoxy groups -OCH3 is 1. The quantitative estimate of drug-likeness (QED) is 0.736. The van der Waals surface area contributed by atoms with Gasteiger partial charge in [-0.25, -0.2) is 0 Å². The Hall–Kier alpha value is -0.610. The van der Waals surface area contributed by atoms with Crippen LogP contribution in [0.15, 0.2) is 0 Å². The van der Waals surface area contributed by atoms with Gasteiger partial charge in [-0.3, -0.25) is 9.69 Å². The molecule has 106 valence electrons. The Labute approximate surface area is 111 Å². The van der Waals surface area contributed by atoms with Crippen molar-refractivity contribution in [1.29, 1.82) is 0 Å². The summed E-state index contributed by atoms with van der Waals surface area (Å²) in [5.74, 6) is -0.168. The minimum atomic E-state index is -0.602. The molecule has 1 aliphatic rings. The van der Waals surface area contributed by atoms with E-state index >= 15 is 0 Å². The molecule has 0 amide bonds. The summed E-state index contributed by atoms with van der Waals surface area (Å²) < 4.78 is 4.95. The third-order valence-electron chi connectivity index (χ3n) is 4.13. The molecule has 4 heteroatoms. The Morgan fingerprint density at radius 1 is 1.44 bits per heavy atom. The van der Waals surface area contributed by atoms with Gasteiger partial charge in [0.2, 0.25) is 0 Å². The van der Waals surface area contributed by atoms with Gasteiger partial charge in [0.15, 0.2) is 0 Å². The number of carbonyl (C=O) groups excluding carboxylic acids is 1. The molecule has 4 nitrogen and oxygen atoms in total. The Balaban J connectivity index is 2.79. The second kappa shape index (κ2) is 6.53. The maximum Gasteiger partial charge on any atom is 0.327 e. The van der Waals surface area contributed by atoms with Crippen LogP contribution in [-0.4, -0.2) is 48.7 Å². The summed E-state index contributed by atoms with van der Waals surface area (Å²) in [6, 6.07) is 1.15. The Morgan fingerprint density at radius 2 is 2.11 bits per heavy atom. The van der Waals surface area contributed by atoms with Crippen LogP contribution in [0.5, 0.6) is 0 Å². The molecule has 0 radical (unpaired) electrons. The van der Waals surface area contributed by atoms with Crippen LogP contribution in [0, 0.1) is 0 Å². The molecule has 1 rings (SSSR count). The summed E-state index contributed by atoms with van der Waals surface area (Å²) >= 11 is 0. The van der Waals surface area contributed by atoms with Crippen LogP contribution in [0.1, 0.15) is 47.0 Å². The van der Waals surface area contributed by atoms with Crippen LogP contribution < -0.4 is 5.32 Å². The average molecular weight is 256 g/mol. The second-order valence-corrected chi connectivity index (χ2v) is 5.51. The van der Waals surface area contributed by atoms with Crippen molar-refractivity contribution in [2.45, 2.75) is 64.6 Å². The van der Waals surface area contributed by atoms with E-state index in [4.69, 9.17) is 4.74 Å². The van der Waals surface area contributed by atoms with Gasteiger partial charge >= 0.3 is 5.97 Å². The predicted octanol–water partition coefficient (Wildman–Crippen LogP) is 1.79. The number of nitrogens with zero attached hydrogens (tertiary/aromatic N) is 1. The highest BCUT2D eigenvalue weighted by Crippen LogP contribution is 2.28. The van der Waals surface area contributed by atoms with E-state index in [-0.39, 0.29) is 5.97 Å². The molecular formula is C14H28N2O2. The van der Waals surface area contributed by atoms with Gasteiger partial charge < -0.3 is 10.1 Å². The SMILES string of the molecule is CCNC(C)(CN1C(C)CCC1CC)C(=O)OC. The Bertz CT molecular complexity index is 283. The maximum atomic E-state index is 12.0. The summed E-state index contributed by atoms with van der Waals surface area (Å²) in [5.41, 5.74) is -0.602. The molecule has 0 bridgehead atoms. The van der Waals surface area contributed by atoms with Crippen LogP contribution >= 0.6 is 0 Å². The molecule has 0 aromatic heterocycles. The second-order valence-electron chi connectivity index (χ2n) is 5.51. The van der Waals surface area contributed by atoms with Crippen LogP contribution in [0.3, 0.4) is 0 Å². The Kier molecular flexibility index (Phi) is 5.60. The molecular weight excluding hydrogens is 228 g/mol. The van der Waals surface area contributed by atoms with Gasteiger partial charge in [0.1, 0.15) is 5.54 Å². The van der Waals surface area contributed by atoms with Gasteiger partial charge in [-0.2, -0.15) is 0 Å². The number of ether oxygens (including phenoxy) is 1. The van der Waals surface area contributed by atoms with E-state index in [1.54, 1.807) is 0 Å². The normalized spacial score (nSPS) is 28.1. The summed E-state index contributed by atoms with van der Waals surface area (Å²) in [5, 5.41) is 3.29. The van der Waals surface area contributed by atoms with Gasteiger partial charge in [0, 0.05) is 18.6 Å². The van der Waals surface area contributed by atoms with Crippen LogP contribution in [-0.2, 0) is 9.53 Å². The van der Waals surface area contributed by atoms with Crippen molar-refractivity contribution in [3.63, 3.8) is 0 Å². The minimum absolute atomic E-state index is 0.168. The van der Waals surface area contributed by atoms with Crippen molar-refractivity contribution < 1.29 is 9.53 Å². The molecule has 3 unspecified atom stereocenters. The maximum absolute atomic E-state index is 12.0. The van der Waals surface area contributed by atoms with Gasteiger partial charge in [-0.15, -0.1) is 0 Å². The van der Waals surface area contributed by atoms with Gasteiger partial charge in [0.25, 0.3) is 0 Å². The van der Waals surface area contributed by atoms with Crippen molar-refractivity contribution in [2.75, 3.05) is 20.2 Å². The van der Waals surface area contributed by atoms with Gasteiger partial charge in [-0.1, -0.05) is 13.8 Å². The summed E-state index contributed by atoms with van der Waals surface area (Å²) in [7, 11) is 1.46. The van der Waals surface area contributed by atoms with Crippen molar-refractivity contribution in [3.05, 3.63) is 0 Å². The van der Waals surface area contributed by atoms with Crippen molar-refractivity contribution in [1.82, 2.24) is 10.2 Å². The number of carbonyl (C=O) groups is 1. The van der Waals surface area contributed by atoms with Crippen LogP contribution in [0.2, 0.25) is 0 Å². The molecule has 0 spiro atoms. The molecule has 18 heavy (non-hydrogen) atoms. The van der Waals surface area contributed by atoms with E-state index in [1.807, 2.05) is 13.8 Å². The lowest BCUT2D eigenvalue weighted by molar-refractivity contribution is -0.149. The lowest BCUT2D eigenvalue weighted by Gasteiger charge is -2.36. The number of hydrogen-bond donors (Lipinski definition) is 1. The number of esters is 1. The van der Waals surface area contributed by atoms with E-state index in [0.29, 0.717) is 12.1 Å². The average Bonchev–Trinajstić information content (AvgIpc) is 2.69. The first-order chi connectivity index (χ1) is 8.48. The van der Waals surface area contributed by atoms with Gasteiger partial charge in [-0.05, 0) is 39.7 Å². The van der Waals surface area contributed by atoms with E-state index in [2.05, 4.69) is 24.1 Å². The highest BCUT2D eigenvalue weighted by molar-refractivity contribution is 5.80. The molecule has 3 atom stereocenters. The highest BCUT2D eigenvalue weighted by atomic mass is 16.5. The standard InChI is InChI=1S/C14H28N2O2/c1-6-12-9-8-11(3)16(12)10-14(4,15-7-2)13(17)18-5/h11-12,15H,6-10H2,1-5H3. The van der Waals surface area contributed by atoms with E-state index in [0.717, 1.165) is 19.5 Å². The van der Waals surface area contributed by atoms with Gasteiger partial charge in [0.05, 0.1) is 7.11 Å². The van der Waals surface area contributed by atoms with Crippen LogP contribution in [0.4, 0.5) is 0 Å². The molecule has 0 aromatic carbocycles. The number of nitrogens with one attached hydrogen (secondary N) is 1. The molecule has 1 aliphatic heterocycles. The number of hydrogen-bond acceptors (Lipinski definition) is 4. The topological polar surface area (TPSA) is 41.6 Å². The number of rotatable bonds is 6. The Morgan fingerprint density at radius 3 is 2.61 bits per heavy atom. The molecule has 1 fully saturated rings. The molecule has 1 heterocycles.